The standard InChI is InChI=1S/C12H12N4O4/c17-7-14-6-15-12(20)16-2-1-9-8(5-16)3-13-4-10(9)11(18)19/h3-4H,1-2,5-6H2,(H,15,20)(H,18,19). The van der Waals surface area contributed by atoms with Crippen molar-refractivity contribution in [2.75, 3.05) is 13.2 Å². The van der Waals surface area contributed by atoms with E-state index in [-0.39, 0.29) is 24.8 Å². The Morgan fingerprint density at radius 1 is 1.50 bits per heavy atom. The fourth-order valence-corrected chi connectivity index (χ4v) is 2.10. The highest BCUT2D eigenvalue weighted by atomic mass is 16.4. The van der Waals surface area contributed by atoms with Crippen LogP contribution in [0.1, 0.15) is 21.5 Å². The second kappa shape index (κ2) is 5.94. The zero-order valence-corrected chi connectivity index (χ0v) is 10.5. The van der Waals surface area contributed by atoms with E-state index in [1.165, 1.54) is 17.2 Å². The number of urea groups is 1. The van der Waals surface area contributed by atoms with Crippen LogP contribution in [0.25, 0.3) is 0 Å². The number of carbonyl (C=O) groups excluding carboxylic acids is 2. The summed E-state index contributed by atoms with van der Waals surface area (Å²) in [5, 5.41) is 11.5. The average molecular weight is 276 g/mol. The predicted molar refractivity (Wildman–Crippen MR) is 66.8 cm³/mol. The third-order valence-electron chi connectivity index (χ3n) is 3.03. The lowest BCUT2D eigenvalue weighted by atomic mass is 9.97. The Kier molecular flexibility index (Phi) is 4.07. The van der Waals surface area contributed by atoms with Crippen molar-refractivity contribution >= 4 is 18.1 Å². The molecule has 1 aliphatic heterocycles. The lowest BCUT2D eigenvalue weighted by Gasteiger charge is -2.29. The van der Waals surface area contributed by atoms with Gasteiger partial charge in [0.1, 0.15) is 6.67 Å². The molecule has 1 aromatic rings. The Balaban J connectivity index is 2.11. The number of hydrogen-bond acceptors (Lipinski definition) is 5. The molecule has 0 aromatic carbocycles. The minimum atomic E-state index is -1.02. The Morgan fingerprint density at radius 2 is 2.30 bits per heavy atom. The topological polar surface area (TPSA) is 112 Å². The van der Waals surface area contributed by atoms with E-state index in [1.807, 2.05) is 0 Å². The number of pyridine rings is 1. The van der Waals surface area contributed by atoms with Gasteiger partial charge in [-0.3, -0.25) is 4.98 Å². The monoisotopic (exact) mass is 276 g/mol. The minimum absolute atomic E-state index is 0.126. The van der Waals surface area contributed by atoms with Crippen LogP contribution in [0.5, 0.6) is 0 Å². The molecule has 1 aromatic heterocycles. The highest BCUT2D eigenvalue weighted by Gasteiger charge is 2.24. The molecule has 8 nitrogen and oxygen atoms in total. The molecule has 2 N–H and O–H groups in total. The van der Waals surface area contributed by atoms with Crippen LogP contribution >= 0.6 is 0 Å². The summed E-state index contributed by atoms with van der Waals surface area (Å²) in [5.74, 6) is -1.02. The maximum atomic E-state index is 11.8. The summed E-state index contributed by atoms with van der Waals surface area (Å²) < 4.78 is 0. The van der Waals surface area contributed by atoms with Gasteiger partial charge in [0.05, 0.1) is 5.56 Å². The number of aromatic carboxylic acids is 1. The van der Waals surface area contributed by atoms with Gasteiger partial charge in [-0.15, -0.1) is 0 Å². The summed E-state index contributed by atoms with van der Waals surface area (Å²) in [4.78, 5) is 41.4. The summed E-state index contributed by atoms with van der Waals surface area (Å²) in [6.45, 7) is 0.549. The molecule has 2 heterocycles. The summed E-state index contributed by atoms with van der Waals surface area (Å²) >= 11 is 0. The molecule has 0 saturated heterocycles. The number of hydrogen-bond donors (Lipinski definition) is 2. The van der Waals surface area contributed by atoms with Crippen LogP contribution in [0.15, 0.2) is 17.4 Å². The summed E-state index contributed by atoms with van der Waals surface area (Å²) in [5.41, 5.74) is 1.60. The number of aromatic nitrogens is 1. The molecule has 0 atom stereocenters. The van der Waals surface area contributed by atoms with Crippen molar-refractivity contribution in [3.8, 4) is 0 Å². The second-order valence-electron chi connectivity index (χ2n) is 4.19. The predicted octanol–water partition coefficient (Wildman–Crippen LogP) is 0.141. The Bertz CT molecular complexity index is 595. The molecule has 0 unspecified atom stereocenters. The van der Waals surface area contributed by atoms with Crippen molar-refractivity contribution < 1.29 is 19.5 Å². The molecular weight excluding hydrogens is 264 g/mol. The molecule has 20 heavy (non-hydrogen) atoms. The quantitative estimate of drug-likeness (QED) is 0.602. The maximum Gasteiger partial charge on any atom is 0.337 e. The van der Waals surface area contributed by atoms with E-state index >= 15 is 0 Å². The lowest BCUT2D eigenvalue weighted by Crippen LogP contribution is -2.43. The number of carboxylic acid groups (broad SMARTS) is 1. The number of isocyanates is 1. The Labute approximate surface area is 114 Å². The van der Waals surface area contributed by atoms with Gasteiger partial charge in [0, 0.05) is 25.5 Å². The fraction of sp³-hybridized carbons (Fsp3) is 0.333. The van der Waals surface area contributed by atoms with E-state index in [0.29, 0.717) is 24.1 Å². The number of aliphatic imine (C=N–C) groups is 1. The van der Waals surface area contributed by atoms with Crippen LogP contribution in [0.4, 0.5) is 4.79 Å². The third kappa shape index (κ3) is 2.81. The van der Waals surface area contributed by atoms with E-state index in [1.54, 1.807) is 6.20 Å². The van der Waals surface area contributed by atoms with E-state index in [9.17, 15) is 14.4 Å². The molecular formula is C12H12N4O4. The SMILES string of the molecule is O=C=NCNC(=O)N1CCc2c(cncc2C(=O)O)C1. The van der Waals surface area contributed by atoms with Gasteiger partial charge >= 0.3 is 12.0 Å². The number of rotatable bonds is 3. The van der Waals surface area contributed by atoms with Crippen molar-refractivity contribution in [2.24, 2.45) is 4.99 Å². The Morgan fingerprint density at radius 3 is 3.00 bits per heavy atom. The van der Waals surface area contributed by atoms with Crippen molar-refractivity contribution in [1.29, 1.82) is 0 Å². The summed E-state index contributed by atoms with van der Waals surface area (Å²) in [6.07, 6.45) is 4.65. The smallest absolute Gasteiger partial charge is 0.337 e. The number of carbonyl (C=O) groups is 2. The molecule has 0 saturated carbocycles. The number of nitrogens with one attached hydrogen (secondary N) is 1. The van der Waals surface area contributed by atoms with Gasteiger partial charge in [0.2, 0.25) is 6.08 Å². The minimum Gasteiger partial charge on any atom is -0.478 e. The highest BCUT2D eigenvalue weighted by molar-refractivity contribution is 5.89. The molecule has 104 valence electrons. The molecule has 2 rings (SSSR count). The van der Waals surface area contributed by atoms with Gasteiger partial charge in [-0.25, -0.2) is 14.4 Å². The van der Waals surface area contributed by atoms with Gasteiger partial charge in [0.25, 0.3) is 0 Å². The number of fused-ring (bicyclic) bond motifs is 1. The van der Waals surface area contributed by atoms with Crippen LogP contribution in [0, 0.1) is 0 Å². The summed E-state index contributed by atoms with van der Waals surface area (Å²) in [6, 6.07) is -0.365. The zero-order valence-electron chi connectivity index (χ0n) is 10.5. The highest BCUT2D eigenvalue weighted by Crippen LogP contribution is 2.21. The molecule has 2 amide bonds. The van der Waals surface area contributed by atoms with Gasteiger partial charge in [-0.05, 0) is 17.5 Å². The van der Waals surface area contributed by atoms with E-state index in [0.717, 1.165) is 0 Å². The summed E-state index contributed by atoms with van der Waals surface area (Å²) in [7, 11) is 0. The van der Waals surface area contributed by atoms with Gasteiger partial charge in [-0.2, -0.15) is 4.99 Å². The molecule has 0 radical (unpaired) electrons. The van der Waals surface area contributed by atoms with Crippen LogP contribution < -0.4 is 5.32 Å². The third-order valence-corrected chi connectivity index (χ3v) is 3.03. The first-order valence-electron chi connectivity index (χ1n) is 5.89. The Hall–Kier alpha value is -2.73. The van der Waals surface area contributed by atoms with Crippen LogP contribution in [0.2, 0.25) is 0 Å². The van der Waals surface area contributed by atoms with Crippen molar-refractivity contribution in [2.45, 2.75) is 13.0 Å². The first kappa shape index (κ1) is 13.7. The zero-order chi connectivity index (χ0) is 14.5. The molecule has 8 heteroatoms. The van der Waals surface area contributed by atoms with Crippen molar-refractivity contribution in [3.63, 3.8) is 0 Å². The number of nitrogens with zero attached hydrogens (tertiary/aromatic N) is 3. The van der Waals surface area contributed by atoms with E-state index < -0.39 is 5.97 Å². The fourth-order valence-electron chi connectivity index (χ4n) is 2.10. The molecule has 1 aliphatic rings. The average Bonchev–Trinajstić information content (AvgIpc) is 2.46. The second-order valence-corrected chi connectivity index (χ2v) is 4.19. The van der Waals surface area contributed by atoms with Gasteiger partial charge < -0.3 is 15.3 Å². The van der Waals surface area contributed by atoms with Gasteiger partial charge in [0.15, 0.2) is 0 Å². The van der Waals surface area contributed by atoms with E-state index in [4.69, 9.17) is 5.11 Å². The van der Waals surface area contributed by atoms with Crippen LogP contribution in [-0.2, 0) is 17.8 Å². The van der Waals surface area contributed by atoms with Crippen molar-refractivity contribution in [1.82, 2.24) is 15.2 Å². The first-order chi connectivity index (χ1) is 9.63. The maximum absolute atomic E-state index is 11.8. The normalized spacial score (nSPS) is 13.1. The van der Waals surface area contributed by atoms with E-state index in [2.05, 4.69) is 15.3 Å². The van der Waals surface area contributed by atoms with Gasteiger partial charge in [-0.1, -0.05) is 0 Å². The number of carboxylic acids is 1. The largest absolute Gasteiger partial charge is 0.478 e. The molecule has 0 spiro atoms. The van der Waals surface area contributed by atoms with Crippen LogP contribution in [0.3, 0.4) is 0 Å². The first-order valence-corrected chi connectivity index (χ1v) is 5.89. The lowest BCUT2D eigenvalue weighted by molar-refractivity contribution is 0.0694. The van der Waals surface area contributed by atoms with Crippen molar-refractivity contribution in [3.05, 3.63) is 29.1 Å². The van der Waals surface area contributed by atoms with Crippen LogP contribution in [-0.4, -0.2) is 46.3 Å². The molecule has 0 fully saturated rings. The molecule has 0 bridgehead atoms. The molecule has 0 aliphatic carbocycles. The number of amides is 2.